The lowest BCUT2D eigenvalue weighted by molar-refractivity contribution is -0.138. The first-order valence-corrected chi connectivity index (χ1v) is 6.96. The van der Waals surface area contributed by atoms with Crippen molar-refractivity contribution in [3.63, 3.8) is 0 Å². The van der Waals surface area contributed by atoms with Gasteiger partial charge in [0.25, 0.3) is 0 Å². The first kappa shape index (κ1) is 16.4. The Balaban J connectivity index is 0.00000180. The Morgan fingerprint density at radius 1 is 1.16 bits per heavy atom. The molecule has 6 heteroatoms. The molecule has 0 aromatic heterocycles. The summed E-state index contributed by atoms with van der Waals surface area (Å²) in [6.45, 7) is 4.28. The van der Waals surface area contributed by atoms with Gasteiger partial charge in [-0.25, -0.2) is 0 Å². The third-order valence-electron chi connectivity index (χ3n) is 3.97. The lowest BCUT2D eigenvalue weighted by atomic mass is 9.95. The summed E-state index contributed by atoms with van der Waals surface area (Å²) in [6, 6.07) is 0. The second kappa shape index (κ2) is 7.82. The molecule has 2 aliphatic heterocycles. The Labute approximate surface area is 120 Å². The number of piperidine rings is 1. The van der Waals surface area contributed by atoms with Crippen LogP contribution in [0.5, 0.6) is 0 Å². The molecule has 0 bridgehead atoms. The fourth-order valence-electron chi connectivity index (χ4n) is 2.94. The zero-order valence-electron chi connectivity index (χ0n) is 11.3. The normalized spacial score (nSPS) is 24.7. The third-order valence-corrected chi connectivity index (χ3v) is 3.97. The summed E-state index contributed by atoms with van der Waals surface area (Å²) >= 11 is 0. The van der Waals surface area contributed by atoms with E-state index in [2.05, 4.69) is 4.90 Å². The van der Waals surface area contributed by atoms with Gasteiger partial charge in [-0.3, -0.25) is 14.5 Å². The third kappa shape index (κ3) is 4.44. The second-order valence-electron chi connectivity index (χ2n) is 5.33. The van der Waals surface area contributed by atoms with Crippen molar-refractivity contribution in [3.8, 4) is 0 Å². The Hall–Kier alpha value is -0.650. The summed E-state index contributed by atoms with van der Waals surface area (Å²) in [5.41, 5.74) is 5.60. The average Bonchev–Trinajstić information content (AvgIpc) is 2.68. The second-order valence-corrected chi connectivity index (χ2v) is 5.33. The maximum Gasteiger partial charge on any atom is 0.229 e. The van der Waals surface area contributed by atoms with Crippen molar-refractivity contribution in [2.75, 3.05) is 32.7 Å². The van der Waals surface area contributed by atoms with E-state index >= 15 is 0 Å². The minimum Gasteiger partial charge on any atom is -0.330 e. The van der Waals surface area contributed by atoms with Crippen molar-refractivity contribution in [2.45, 2.75) is 32.1 Å². The molecule has 2 rings (SSSR count). The molecule has 0 aromatic carbocycles. The van der Waals surface area contributed by atoms with Crippen LogP contribution >= 0.6 is 12.4 Å². The van der Waals surface area contributed by atoms with Gasteiger partial charge in [0, 0.05) is 32.5 Å². The molecule has 19 heavy (non-hydrogen) atoms. The molecule has 5 nitrogen and oxygen atoms in total. The van der Waals surface area contributed by atoms with Crippen molar-refractivity contribution in [1.29, 1.82) is 0 Å². The van der Waals surface area contributed by atoms with Crippen molar-refractivity contribution in [2.24, 2.45) is 11.7 Å². The van der Waals surface area contributed by atoms with E-state index in [0.29, 0.717) is 25.3 Å². The Morgan fingerprint density at radius 2 is 1.84 bits per heavy atom. The Morgan fingerprint density at radius 3 is 2.47 bits per heavy atom. The topological polar surface area (TPSA) is 66.6 Å². The fraction of sp³-hybridized carbons (Fsp3) is 0.846. The van der Waals surface area contributed by atoms with Gasteiger partial charge in [0.2, 0.25) is 11.8 Å². The van der Waals surface area contributed by atoms with Crippen LogP contribution in [0.2, 0.25) is 0 Å². The molecule has 2 N–H and O–H groups in total. The van der Waals surface area contributed by atoms with E-state index in [1.807, 2.05) is 0 Å². The molecule has 0 aromatic rings. The largest absolute Gasteiger partial charge is 0.330 e. The molecule has 2 aliphatic rings. The highest BCUT2D eigenvalue weighted by atomic mass is 35.5. The number of amides is 2. The van der Waals surface area contributed by atoms with Crippen LogP contribution in [0.3, 0.4) is 0 Å². The number of nitrogens with two attached hydrogens (primary N) is 1. The summed E-state index contributed by atoms with van der Waals surface area (Å²) in [5.74, 6) is 0.680. The van der Waals surface area contributed by atoms with Crippen LogP contribution < -0.4 is 5.73 Å². The molecule has 2 amide bonds. The predicted octanol–water partition coefficient (Wildman–Crippen LogP) is 0.618. The van der Waals surface area contributed by atoms with Crippen molar-refractivity contribution in [1.82, 2.24) is 9.80 Å². The minimum atomic E-state index is -0.00415. The molecule has 0 radical (unpaired) electrons. The van der Waals surface area contributed by atoms with Crippen molar-refractivity contribution >= 4 is 24.2 Å². The van der Waals surface area contributed by atoms with Gasteiger partial charge in [-0.15, -0.1) is 12.4 Å². The molecule has 2 fully saturated rings. The van der Waals surface area contributed by atoms with E-state index in [0.717, 1.165) is 32.6 Å². The fourth-order valence-corrected chi connectivity index (χ4v) is 2.94. The minimum absolute atomic E-state index is 0. The lowest BCUT2D eigenvalue weighted by Crippen LogP contribution is -2.42. The number of nitrogens with zero attached hydrogens (tertiary/aromatic N) is 2. The number of carbonyl (C=O) groups excluding carboxylic acids is 2. The molecular formula is C13H24ClN3O2. The molecule has 0 aliphatic carbocycles. The number of carbonyl (C=O) groups is 2. The number of rotatable bonds is 5. The SMILES string of the molecule is Cl.NCCC1CCCN(CCN2C(=O)CCC2=O)C1. The van der Waals surface area contributed by atoms with Crippen LogP contribution in [-0.2, 0) is 9.59 Å². The van der Waals surface area contributed by atoms with Crippen LogP contribution in [0, 0.1) is 5.92 Å². The number of hydrogen-bond donors (Lipinski definition) is 1. The van der Waals surface area contributed by atoms with E-state index in [9.17, 15) is 9.59 Å². The predicted molar refractivity (Wildman–Crippen MR) is 76.0 cm³/mol. The van der Waals surface area contributed by atoms with Crippen LogP contribution in [0.1, 0.15) is 32.1 Å². The van der Waals surface area contributed by atoms with Gasteiger partial charge in [-0.1, -0.05) is 0 Å². The summed E-state index contributed by atoms with van der Waals surface area (Å²) in [4.78, 5) is 26.8. The Bertz CT molecular complexity index is 307. The first-order chi connectivity index (χ1) is 8.70. The molecule has 1 unspecified atom stereocenters. The van der Waals surface area contributed by atoms with E-state index in [4.69, 9.17) is 5.73 Å². The summed E-state index contributed by atoms with van der Waals surface area (Å²) in [5, 5.41) is 0. The quantitative estimate of drug-likeness (QED) is 0.754. The summed E-state index contributed by atoms with van der Waals surface area (Å²) in [6.07, 6.45) is 4.34. The highest BCUT2D eigenvalue weighted by Gasteiger charge is 2.29. The standard InChI is InChI=1S/C13H23N3O2.ClH/c14-6-5-11-2-1-7-15(10-11)8-9-16-12(17)3-4-13(16)18;/h11H,1-10,14H2;1H. The maximum atomic E-state index is 11.5. The number of hydrogen-bond acceptors (Lipinski definition) is 4. The van der Waals surface area contributed by atoms with E-state index < -0.39 is 0 Å². The van der Waals surface area contributed by atoms with Crippen LogP contribution in [0.4, 0.5) is 0 Å². The van der Waals surface area contributed by atoms with Crippen molar-refractivity contribution in [3.05, 3.63) is 0 Å². The van der Waals surface area contributed by atoms with Crippen LogP contribution in [0.15, 0.2) is 0 Å². The van der Waals surface area contributed by atoms with Gasteiger partial charge in [-0.05, 0) is 38.3 Å². The van der Waals surface area contributed by atoms with Crippen LogP contribution in [0.25, 0.3) is 0 Å². The number of imide groups is 1. The summed E-state index contributed by atoms with van der Waals surface area (Å²) < 4.78 is 0. The highest BCUT2D eigenvalue weighted by molar-refractivity contribution is 6.01. The summed E-state index contributed by atoms with van der Waals surface area (Å²) in [7, 11) is 0. The molecule has 110 valence electrons. The lowest BCUT2D eigenvalue weighted by Gasteiger charge is -2.33. The van der Waals surface area contributed by atoms with Gasteiger partial charge in [0.1, 0.15) is 0 Å². The van der Waals surface area contributed by atoms with Gasteiger partial charge in [-0.2, -0.15) is 0 Å². The zero-order chi connectivity index (χ0) is 13.0. The zero-order valence-corrected chi connectivity index (χ0v) is 12.2. The van der Waals surface area contributed by atoms with Gasteiger partial charge < -0.3 is 10.6 Å². The van der Waals surface area contributed by atoms with Crippen molar-refractivity contribution < 1.29 is 9.59 Å². The van der Waals surface area contributed by atoms with Gasteiger partial charge in [0.15, 0.2) is 0 Å². The van der Waals surface area contributed by atoms with Gasteiger partial charge >= 0.3 is 0 Å². The molecular weight excluding hydrogens is 266 g/mol. The molecule has 2 saturated heterocycles. The van der Waals surface area contributed by atoms with E-state index in [1.165, 1.54) is 17.7 Å². The molecule has 1 atom stereocenters. The van der Waals surface area contributed by atoms with Gasteiger partial charge in [0.05, 0.1) is 0 Å². The monoisotopic (exact) mass is 289 g/mol. The average molecular weight is 290 g/mol. The Kier molecular flexibility index (Phi) is 6.75. The molecule has 0 spiro atoms. The highest BCUT2D eigenvalue weighted by Crippen LogP contribution is 2.19. The first-order valence-electron chi connectivity index (χ1n) is 6.96. The smallest absolute Gasteiger partial charge is 0.229 e. The van der Waals surface area contributed by atoms with E-state index in [1.54, 1.807) is 0 Å². The van der Waals surface area contributed by atoms with E-state index in [-0.39, 0.29) is 24.2 Å². The molecule has 2 heterocycles. The number of halogens is 1. The maximum absolute atomic E-state index is 11.5. The number of likely N-dealkylation sites (tertiary alicyclic amines) is 2. The molecule has 0 saturated carbocycles. The van der Waals surface area contributed by atoms with Crippen LogP contribution in [-0.4, -0.2) is 54.3 Å².